The summed E-state index contributed by atoms with van der Waals surface area (Å²) in [5, 5.41) is 1.98. The Morgan fingerprint density at radius 1 is 0.417 bits per heavy atom. The van der Waals surface area contributed by atoms with Gasteiger partial charge in [0.1, 0.15) is 0 Å². The second kappa shape index (κ2) is 9.87. The minimum absolute atomic E-state index is 0.284. The summed E-state index contributed by atoms with van der Waals surface area (Å²) < 4.78 is 0. The summed E-state index contributed by atoms with van der Waals surface area (Å²) >= 11 is 0. The Morgan fingerprint density at radius 2 is 0.833 bits per heavy atom. The van der Waals surface area contributed by atoms with Crippen molar-refractivity contribution in [2.75, 3.05) is 9.80 Å². The molecule has 3 aliphatic rings. The molecule has 0 atom stereocenters. The van der Waals surface area contributed by atoms with E-state index in [4.69, 9.17) is 0 Å². The number of para-hydroxylation sites is 2. The molecule has 4 nitrogen and oxygen atoms in total. The van der Waals surface area contributed by atoms with Gasteiger partial charge in [0.2, 0.25) is 0 Å². The van der Waals surface area contributed by atoms with Gasteiger partial charge in [-0.3, -0.25) is 9.59 Å². The van der Waals surface area contributed by atoms with Gasteiger partial charge in [-0.05, 0) is 99.1 Å². The number of imide groups is 1. The van der Waals surface area contributed by atoms with Crippen LogP contribution in [0.25, 0.3) is 10.8 Å². The summed E-state index contributed by atoms with van der Waals surface area (Å²) in [6, 6.07) is 54.8. The molecule has 1 aliphatic carbocycles. The highest BCUT2D eigenvalue weighted by atomic mass is 16.2. The number of carbonyl (C=O) groups excluding carboxylic acids is 2. The predicted octanol–water partition coefficient (Wildman–Crippen LogP) is 9.71. The number of fused-ring (bicyclic) bond motifs is 10. The molecule has 2 amide bonds. The van der Waals surface area contributed by atoms with Crippen LogP contribution in [0.2, 0.25) is 0 Å². The van der Waals surface area contributed by atoms with Crippen molar-refractivity contribution in [1.82, 2.24) is 0 Å². The number of carbonyl (C=O) groups is 2. The van der Waals surface area contributed by atoms with Gasteiger partial charge in [0.25, 0.3) is 11.8 Å². The highest BCUT2D eigenvalue weighted by molar-refractivity contribution is 6.34. The van der Waals surface area contributed by atoms with E-state index < -0.39 is 5.41 Å². The molecular formula is C44H28N2O2. The fourth-order valence-corrected chi connectivity index (χ4v) is 8.46. The Balaban J connectivity index is 1.15. The lowest BCUT2D eigenvalue weighted by molar-refractivity contribution is 0.0926. The van der Waals surface area contributed by atoms with E-state index in [1.54, 1.807) is 24.3 Å². The molecule has 0 saturated carbocycles. The van der Waals surface area contributed by atoms with Crippen molar-refractivity contribution in [3.8, 4) is 0 Å². The smallest absolute Gasteiger partial charge is 0.266 e. The van der Waals surface area contributed by atoms with Crippen molar-refractivity contribution in [1.29, 1.82) is 0 Å². The van der Waals surface area contributed by atoms with E-state index in [0.29, 0.717) is 16.8 Å². The molecule has 2 heterocycles. The van der Waals surface area contributed by atoms with Crippen molar-refractivity contribution in [2.45, 2.75) is 11.8 Å². The van der Waals surface area contributed by atoms with Crippen molar-refractivity contribution in [2.24, 2.45) is 0 Å². The van der Waals surface area contributed by atoms with Gasteiger partial charge < -0.3 is 4.90 Å². The molecule has 0 unspecified atom stereocenters. The number of rotatable bonds is 2. The summed E-state index contributed by atoms with van der Waals surface area (Å²) in [5.41, 5.74) is 12.2. The Labute approximate surface area is 278 Å². The number of nitrogens with zero attached hydrogens (tertiary/aromatic N) is 2. The van der Waals surface area contributed by atoms with E-state index in [2.05, 4.69) is 120 Å². The molecule has 2 aliphatic heterocycles. The van der Waals surface area contributed by atoms with Crippen LogP contribution in [0.15, 0.2) is 158 Å². The first-order valence-electron chi connectivity index (χ1n) is 16.3. The Kier molecular flexibility index (Phi) is 5.53. The fraction of sp³-hybridized carbons (Fsp3) is 0.0455. The Hall–Kier alpha value is -6.26. The first-order valence-corrected chi connectivity index (χ1v) is 16.3. The molecule has 4 heteroatoms. The van der Waals surface area contributed by atoms with Crippen LogP contribution in [0.3, 0.4) is 0 Å². The average molecular weight is 617 g/mol. The maximum Gasteiger partial charge on any atom is 0.266 e. The number of amides is 2. The number of hydrogen-bond donors (Lipinski definition) is 0. The highest BCUT2D eigenvalue weighted by Gasteiger charge is 2.49. The van der Waals surface area contributed by atoms with Crippen LogP contribution in [0.4, 0.5) is 22.7 Å². The van der Waals surface area contributed by atoms with Gasteiger partial charge in [-0.25, -0.2) is 4.90 Å². The molecule has 0 radical (unpaired) electrons. The molecule has 7 aromatic rings. The van der Waals surface area contributed by atoms with Crippen LogP contribution in [-0.4, -0.2) is 11.8 Å². The summed E-state index contributed by atoms with van der Waals surface area (Å²) in [4.78, 5) is 30.1. The molecule has 1 spiro atoms. The summed E-state index contributed by atoms with van der Waals surface area (Å²) in [5.74, 6) is -0.569. The van der Waals surface area contributed by atoms with Gasteiger partial charge in [0, 0.05) is 5.69 Å². The topological polar surface area (TPSA) is 40.6 Å². The monoisotopic (exact) mass is 616 g/mol. The van der Waals surface area contributed by atoms with Crippen LogP contribution in [0.5, 0.6) is 0 Å². The van der Waals surface area contributed by atoms with Gasteiger partial charge in [-0.2, -0.15) is 0 Å². The second-order valence-electron chi connectivity index (χ2n) is 12.8. The number of anilines is 4. The standard InChI is InChI=1S/C44H28N2O2/c47-42-34-13-3-4-14-35(34)43(48)46(42)33-24-22-28-26-32(23-21-29(28)27-33)45-40-19-9-7-17-38(40)44(39-18-8-10-20-41(39)45)36-15-5-1-11-30(36)25-31-12-2-6-16-37(31)44/h1-24,26-27H,25H2. The average Bonchev–Trinajstić information content (AvgIpc) is 3.40. The number of hydrogen-bond acceptors (Lipinski definition) is 3. The van der Waals surface area contributed by atoms with Gasteiger partial charge in [-0.1, -0.05) is 109 Å². The molecule has 226 valence electrons. The summed E-state index contributed by atoms with van der Waals surface area (Å²) in [6.07, 6.45) is 0.912. The van der Waals surface area contributed by atoms with Crippen LogP contribution >= 0.6 is 0 Å². The molecule has 0 saturated heterocycles. The molecular weight excluding hydrogens is 588 g/mol. The lowest BCUT2D eigenvalue weighted by atomic mass is 9.58. The summed E-state index contributed by atoms with van der Waals surface area (Å²) in [6.45, 7) is 0. The largest absolute Gasteiger partial charge is 0.310 e. The van der Waals surface area contributed by atoms with E-state index in [1.165, 1.54) is 38.3 Å². The molecule has 0 aromatic heterocycles. The van der Waals surface area contributed by atoms with Crippen LogP contribution < -0.4 is 9.80 Å². The van der Waals surface area contributed by atoms with Gasteiger partial charge in [0.15, 0.2) is 0 Å². The predicted molar refractivity (Wildman–Crippen MR) is 191 cm³/mol. The fourth-order valence-electron chi connectivity index (χ4n) is 8.46. The zero-order valence-electron chi connectivity index (χ0n) is 25.9. The normalized spacial score (nSPS) is 15.2. The zero-order valence-corrected chi connectivity index (χ0v) is 25.9. The highest BCUT2D eigenvalue weighted by Crippen LogP contribution is 2.60. The SMILES string of the molecule is O=C1c2ccccc2C(=O)N1c1ccc2cc(N3c4ccccc4C4(c5ccccc5Cc5ccccc54)c4ccccc43)ccc2c1. The third-order valence-electron chi connectivity index (χ3n) is 10.4. The van der Waals surface area contributed by atoms with Gasteiger partial charge in [-0.15, -0.1) is 0 Å². The minimum atomic E-state index is -0.465. The van der Waals surface area contributed by atoms with Gasteiger partial charge >= 0.3 is 0 Å². The van der Waals surface area contributed by atoms with Crippen molar-refractivity contribution >= 4 is 45.3 Å². The first-order chi connectivity index (χ1) is 23.6. The minimum Gasteiger partial charge on any atom is -0.310 e. The molecule has 0 fully saturated rings. The molecule has 7 aromatic carbocycles. The van der Waals surface area contributed by atoms with Crippen molar-refractivity contribution in [3.63, 3.8) is 0 Å². The molecule has 48 heavy (non-hydrogen) atoms. The number of benzene rings is 7. The molecule has 10 rings (SSSR count). The lowest BCUT2D eigenvalue weighted by Crippen LogP contribution is -2.41. The van der Waals surface area contributed by atoms with E-state index in [-0.39, 0.29) is 11.8 Å². The van der Waals surface area contributed by atoms with Crippen LogP contribution in [0.1, 0.15) is 54.1 Å². The summed E-state index contributed by atoms with van der Waals surface area (Å²) in [7, 11) is 0. The quantitative estimate of drug-likeness (QED) is 0.182. The van der Waals surface area contributed by atoms with Crippen molar-refractivity contribution < 1.29 is 9.59 Å². The van der Waals surface area contributed by atoms with E-state index in [9.17, 15) is 9.59 Å². The lowest BCUT2D eigenvalue weighted by Gasteiger charge is -2.49. The Morgan fingerprint density at radius 3 is 1.35 bits per heavy atom. The Bertz CT molecular complexity index is 2380. The van der Waals surface area contributed by atoms with Crippen molar-refractivity contribution in [3.05, 3.63) is 202 Å². The first kappa shape index (κ1) is 26.9. The maximum atomic E-state index is 13.2. The van der Waals surface area contributed by atoms with E-state index >= 15 is 0 Å². The molecule has 0 N–H and O–H groups in total. The van der Waals surface area contributed by atoms with Gasteiger partial charge in [0.05, 0.1) is 33.6 Å². The zero-order chi connectivity index (χ0) is 32.0. The maximum absolute atomic E-state index is 13.2. The third-order valence-corrected chi connectivity index (χ3v) is 10.4. The third kappa shape index (κ3) is 3.49. The second-order valence-corrected chi connectivity index (χ2v) is 12.8. The van der Waals surface area contributed by atoms with E-state index in [1.807, 2.05) is 18.2 Å². The van der Waals surface area contributed by atoms with E-state index in [0.717, 1.165) is 34.3 Å². The van der Waals surface area contributed by atoms with Crippen LogP contribution in [0, 0.1) is 0 Å². The van der Waals surface area contributed by atoms with Crippen LogP contribution in [-0.2, 0) is 11.8 Å². The molecule has 0 bridgehead atoms.